The molecule has 0 fully saturated rings. The molecule has 0 spiro atoms. The normalized spacial score (nSPS) is 11.4. The highest BCUT2D eigenvalue weighted by atomic mass is 16.5. The van der Waals surface area contributed by atoms with E-state index < -0.39 is 12.1 Å². The molecule has 2 amide bonds. The molecular formula is C15H20N2O4. The maximum absolute atomic E-state index is 11.9. The third-order valence-corrected chi connectivity index (χ3v) is 2.74. The fourth-order valence-corrected chi connectivity index (χ4v) is 1.59. The van der Waals surface area contributed by atoms with E-state index in [2.05, 4.69) is 10.6 Å². The van der Waals surface area contributed by atoms with Crippen LogP contribution in [0, 0.1) is 0 Å². The summed E-state index contributed by atoms with van der Waals surface area (Å²) >= 11 is 0. The third-order valence-electron chi connectivity index (χ3n) is 2.74. The number of carbonyl (C=O) groups excluding carboxylic acids is 3. The van der Waals surface area contributed by atoms with Crippen molar-refractivity contribution in [3.63, 3.8) is 0 Å². The lowest BCUT2D eigenvalue weighted by molar-refractivity contribution is -0.129. The number of hydrogen-bond acceptors (Lipinski definition) is 4. The average Bonchev–Trinajstić information content (AvgIpc) is 2.45. The lowest BCUT2D eigenvalue weighted by Gasteiger charge is -2.12. The highest BCUT2D eigenvalue weighted by Crippen LogP contribution is 2.07. The van der Waals surface area contributed by atoms with Gasteiger partial charge in [-0.15, -0.1) is 0 Å². The Labute approximate surface area is 123 Å². The van der Waals surface area contributed by atoms with Gasteiger partial charge in [0.05, 0.1) is 5.56 Å². The summed E-state index contributed by atoms with van der Waals surface area (Å²) in [6.45, 7) is 5.64. The van der Waals surface area contributed by atoms with Crippen LogP contribution >= 0.6 is 0 Å². The fourth-order valence-electron chi connectivity index (χ4n) is 1.59. The summed E-state index contributed by atoms with van der Waals surface area (Å²) < 4.78 is 5.07. The summed E-state index contributed by atoms with van der Waals surface area (Å²) in [5.74, 6) is -0.998. The van der Waals surface area contributed by atoms with E-state index in [1.807, 2.05) is 0 Å². The van der Waals surface area contributed by atoms with Gasteiger partial charge in [0.15, 0.2) is 6.10 Å². The molecule has 1 aromatic rings. The van der Waals surface area contributed by atoms with E-state index in [9.17, 15) is 14.4 Å². The molecule has 21 heavy (non-hydrogen) atoms. The zero-order valence-electron chi connectivity index (χ0n) is 12.4. The van der Waals surface area contributed by atoms with E-state index in [0.717, 1.165) is 5.56 Å². The van der Waals surface area contributed by atoms with Gasteiger partial charge in [-0.25, -0.2) is 4.79 Å². The molecule has 0 aromatic heterocycles. The average molecular weight is 292 g/mol. The molecule has 6 heteroatoms. The predicted molar refractivity (Wildman–Crippen MR) is 77.5 cm³/mol. The van der Waals surface area contributed by atoms with Crippen LogP contribution in [0.3, 0.4) is 0 Å². The van der Waals surface area contributed by atoms with Gasteiger partial charge in [-0.05, 0) is 31.5 Å². The van der Waals surface area contributed by atoms with Crippen LogP contribution in [-0.2, 0) is 20.9 Å². The first-order chi connectivity index (χ1) is 9.93. The van der Waals surface area contributed by atoms with E-state index in [1.165, 1.54) is 13.8 Å². The number of likely N-dealkylation sites (N-methyl/N-ethyl adjacent to an activating group) is 1. The Bertz CT molecular complexity index is 511. The zero-order valence-corrected chi connectivity index (χ0v) is 12.4. The van der Waals surface area contributed by atoms with Crippen LogP contribution in [0.1, 0.15) is 36.7 Å². The minimum absolute atomic E-state index is 0.116. The zero-order chi connectivity index (χ0) is 15.8. The van der Waals surface area contributed by atoms with Gasteiger partial charge in [0.2, 0.25) is 5.91 Å². The molecule has 1 rings (SSSR count). The molecule has 1 aromatic carbocycles. The van der Waals surface area contributed by atoms with Crippen molar-refractivity contribution >= 4 is 17.8 Å². The molecule has 0 bridgehead atoms. The largest absolute Gasteiger partial charge is 0.449 e. The van der Waals surface area contributed by atoms with Crippen LogP contribution < -0.4 is 10.6 Å². The highest BCUT2D eigenvalue weighted by Gasteiger charge is 2.17. The Hall–Kier alpha value is -2.37. The first-order valence-corrected chi connectivity index (χ1v) is 6.76. The summed E-state index contributed by atoms with van der Waals surface area (Å²) in [5.41, 5.74) is 1.23. The SMILES string of the molecule is CCNC(=O)C(C)OC(=O)c1ccc(CNC(C)=O)cc1. The van der Waals surface area contributed by atoms with Gasteiger partial charge in [-0.1, -0.05) is 12.1 Å². The molecule has 0 radical (unpaired) electrons. The van der Waals surface area contributed by atoms with Gasteiger partial charge in [0, 0.05) is 20.0 Å². The van der Waals surface area contributed by atoms with Gasteiger partial charge in [-0.3, -0.25) is 9.59 Å². The number of rotatable bonds is 6. The number of amides is 2. The van der Waals surface area contributed by atoms with Crippen molar-refractivity contribution in [1.82, 2.24) is 10.6 Å². The van der Waals surface area contributed by atoms with Gasteiger partial charge >= 0.3 is 5.97 Å². The van der Waals surface area contributed by atoms with Gasteiger partial charge in [0.1, 0.15) is 0 Å². The fraction of sp³-hybridized carbons (Fsp3) is 0.400. The minimum atomic E-state index is -0.837. The van der Waals surface area contributed by atoms with Crippen molar-refractivity contribution in [3.8, 4) is 0 Å². The van der Waals surface area contributed by atoms with Crippen molar-refractivity contribution in [2.24, 2.45) is 0 Å². The quantitative estimate of drug-likeness (QED) is 0.766. The molecule has 114 valence electrons. The van der Waals surface area contributed by atoms with Gasteiger partial charge in [0.25, 0.3) is 5.91 Å². The Morgan fingerprint density at radius 1 is 1.14 bits per heavy atom. The van der Waals surface area contributed by atoms with Gasteiger partial charge in [-0.2, -0.15) is 0 Å². The van der Waals surface area contributed by atoms with E-state index in [4.69, 9.17) is 4.74 Å². The standard InChI is InChI=1S/C15H20N2O4/c1-4-16-14(19)10(2)21-15(20)13-7-5-12(6-8-13)9-17-11(3)18/h5-8,10H,4,9H2,1-3H3,(H,16,19)(H,17,18). The molecule has 0 heterocycles. The van der Waals surface area contributed by atoms with E-state index in [-0.39, 0.29) is 11.8 Å². The predicted octanol–water partition coefficient (Wildman–Crippen LogP) is 1.00. The third kappa shape index (κ3) is 5.64. The Morgan fingerprint density at radius 3 is 2.29 bits per heavy atom. The van der Waals surface area contributed by atoms with Crippen molar-refractivity contribution < 1.29 is 19.1 Å². The van der Waals surface area contributed by atoms with Crippen LogP contribution in [0.5, 0.6) is 0 Å². The lowest BCUT2D eigenvalue weighted by atomic mass is 10.1. The topological polar surface area (TPSA) is 84.5 Å². The number of hydrogen-bond donors (Lipinski definition) is 2. The second-order valence-corrected chi connectivity index (χ2v) is 4.55. The number of carbonyl (C=O) groups is 3. The first kappa shape index (κ1) is 16.7. The first-order valence-electron chi connectivity index (χ1n) is 6.76. The molecule has 0 aliphatic carbocycles. The van der Waals surface area contributed by atoms with Crippen LogP contribution in [-0.4, -0.2) is 30.4 Å². The number of benzene rings is 1. The molecule has 0 aliphatic rings. The van der Waals surface area contributed by atoms with E-state index >= 15 is 0 Å². The molecule has 2 N–H and O–H groups in total. The minimum Gasteiger partial charge on any atom is -0.449 e. The molecule has 1 unspecified atom stereocenters. The van der Waals surface area contributed by atoms with Crippen molar-refractivity contribution in [2.75, 3.05) is 6.54 Å². The highest BCUT2D eigenvalue weighted by molar-refractivity contribution is 5.92. The molecule has 0 saturated heterocycles. The molecule has 6 nitrogen and oxygen atoms in total. The summed E-state index contributed by atoms with van der Waals surface area (Å²) in [7, 11) is 0. The van der Waals surface area contributed by atoms with Crippen LogP contribution in [0.25, 0.3) is 0 Å². The Morgan fingerprint density at radius 2 is 1.76 bits per heavy atom. The van der Waals surface area contributed by atoms with Crippen LogP contribution in [0.2, 0.25) is 0 Å². The van der Waals surface area contributed by atoms with E-state index in [0.29, 0.717) is 18.7 Å². The Kier molecular flexibility index (Phi) is 6.39. The monoisotopic (exact) mass is 292 g/mol. The van der Waals surface area contributed by atoms with Crippen molar-refractivity contribution in [2.45, 2.75) is 33.4 Å². The van der Waals surface area contributed by atoms with Crippen LogP contribution in [0.15, 0.2) is 24.3 Å². The smallest absolute Gasteiger partial charge is 0.338 e. The second-order valence-electron chi connectivity index (χ2n) is 4.55. The molecule has 0 saturated carbocycles. The molecular weight excluding hydrogens is 272 g/mol. The van der Waals surface area contributed by atoms with Gasteiger partial charge < -0.3 is 15.4 Å². The summed E-state index contributed by atoms with van der Waals surface area (Å²) in [6.07, 6.45) is -0.837. The van der Waals surface area contributed by atoms with Crippen LogP contribution in [0.4, 0.5) is 0 Å². The van der Waals surface area contributed by atoms with E-state index in [1.54, 1.807) is 31.2 Å². The molecule has 0 aliphatic heterocycles. The maximum atomic E-state index is 11.9. The summed E-state index contributed by atoms with van der Waals surface area (Å²) in [6, 6.07) is 6.65. The van der Waals surface area contributed by atoms with Crippen molar-refractivity contribution in [1.29, 1.82) is 0 Å². The summed E-state index contributed by atoms with van der Waals surface area (Å²) in [5, 5.41) is 5.25. The number of esters is 1. The summed E-state index contributed by atoms with van der Waals surface area (Å²) in [4.78, 5) is 34.2. The lowest BCUT2D eigenvalue weighted by Crippen LogP contribution is -2.35. The van der Waals surface area contributed by atoms with Crippen molar-refractivity contribution in [3.05, 3.63) is 35.4 Å². The second kappa shape index (κ2) is 8.04. The number of nitrogens with one attached hydrogen (secondary N) is 2. The Balaban J connectivity index is 2.58. The number of ether oxygens (including phenoxy) is 1. The molecule has 1 atom stereocenters. The maximum Gasteiger partial charge on any atom is 0.338 e.